The van der Waals surface area contributed by atoms with Crippen molar-refractivity contribution in [3.63, 3.8) is 0 Å². The summed E-state index contributed by atoms with van der Waals surface area (Å²) in [5.41, 5.74) is 1.60. The van der Waals surface area contributed by atoms with Crippen LogP contribution < -0.4 is 10.1 Å². The molecular weight excluding hydrogens is 264 g/mol. The second-order valence-corrected chi connectivity index (χ2v) is 5.82. The van der Waals surface area contributed by atoms with Crippen molar-refractivity contribution in [1.82, 2.24) is 10.2 Å². The van der Waals surface area contributed by atoms with Crippen molar-refractivity contribution in [3.8, 4) is 5.75 Å². The fourth-order valence-corrected chi connectivity index (χ4v) is 2.36. The van der Waals surface area contributed by atoms with E-state index >= 15 is 0 Å². The summed E-state index contributed by atoms with van der Waals surface area (Å²) in [5.74, 6) is 0.680. The molecule has 114 valence electrons. The van der Waals surface area contributed by atoms with E-state index in [1.54, 1.807) is 6.07 Å². The Balaban J connectivity index is 1.92. The van der Waals surface area contributed by atoms with E-state index in [9.17, 15) is 4.79 Å². The number of amides is 1. The first-order valence-corrected chi connectivity index (χ1v) is 7.41. The van der Waals surface area contributed by atoms with Crippen LogP contribution in [-0.4, -0.2) is 43.6 Å². The van der Waals surface area contributed by atoms with E-state index in [4.69, 9.17) is 4.74 Å². The molecule has 0 saturated carbocycles. The van der Waals surface area contributed by atoms with E-state index in [2.05, 4.69) is 23.8 Å². The third-order valence-electron chi connectivity index (χ3n) is 3.64. The van der Waals surface area contributed by atoms with Gasteiger partial charge in [0.25, 0.3) is 5.91 Å². The van der Waals surface area contributed by atoms with Crippen molar-refractivity contribution < 1.29 is 9.53 Å². The molecule has 1 aromatic rings. The molecule has 1 aliphatic heterocycles. The SMILES string of the molecule is C=C(C)COc1cccc(C(=O)NC2CCN(C)CC2)c1. The van der Waals surface area contributed by atoms with Gasteiger partial charge in [-0.15, -0.1) is 0 Å². The molecule has 1 fully saturated rings. The van der Waals surface area contributed by atoms with Crippen LogP contribution in [0.5, 0.6) is 5.75 Å². The molecule has 1 aromatic carbocycles. The Morgan fingerprint density at radius 3 is 2.81 bits per heavy atom. The normalized spacial score (nSPS) is 16.5. The maximum absolute atomic E-state index is 12.3. The van der Waals surface area contributed by atoms with E-state index in [-0.39, 0.29) is 11.9 Å². The van der Waals surface area contributed by atoms with Gasteiger partial charge in [-0.25, -0.2) is 0 Å². The molecule has 1 aliphatic rings. The number of piperidine rings is 1. The predicted octanol–water partition coefficient (Wildman–Crippen LogP) is 2.47. The lowest BCUT2D eigenvalue weighted by Gasteiger charge is -2.29. The van der Waals surface area contributed by atoms with Gasteiger partial charge < -0.3 is 15.0 Å². The highest BCUT2D eigenvalue weighted by atomic mass is 16.5. The maximum Gasteiger partial charge on any atom is 0.251 e. The Bertz CT molecular complexity index is 505. The topological polar surface area (TPSA) is 41.6 Å². The van der Waals surface area contributed by atoms with Crippen LogP contribution in [0.15, 0.2) is 36.4 Å². The lowest BCUT2D eigenvalue weighted by molar-refractivity contribution is 0.0916. The number of carbonyl (C=O) groups excluding carboxylic acids is 1. The van der Waals surface area contributed by atoms with Gasteiger partial charge in [0.15, 0.2) is 0 Å². The third kappa shape index (κ3) is 4.90. The number of ether oxygens (including phenoxy) is 1. The first-order chi connectivity index (χ1) is 10.0. The summed E-state index contributed by atoms with van der Waals surface area (Å²) in [7, 11) is 2.11. The molecule has 1 N–H and O–H groups in total. The molecule has 0 radical (unpaired) electrons. The van der Waals surface area contributed by atoms with E-state index in [1.165, 1.54) is 0 Å². The average molecular weight is 288 g/mol. The van der Waals surface area contributed by atoms with E-state index in [0.29, 0.717) is 17.9 Å². The van der Waals surface area contributed by atoms with Crippen molar-refractivity contribution in [3.05, 3.63) is 42.0 Å². The molecule has 0 atom stereocenters. The van der Waals surface area contributed by atoms with Crippen LogP contribution in [-0.2, 0) is 0 Å². The van der Waals surface area contributed by atoms with Gasteiger partial charge in [0.2, 0.25) is 0 Å². The van der Waals surface area contributed by atoms with Crippen molar-refractivity contribution in [2.75, 3.05) is 26.7 Å². The second-order valence-electron chi connectivity index (χ2n) is 5.82. The minimum absolute atomic E-state index is 0.0228. The summed E-state index contributed by atoms with van der Waals surface area (Å²) in [6.45, 7) is 8.26. The summed E-state index contributed by atoms with van der Waals surface area (Å²) in [6, 6.07) is 7.58. The minimum Gasteiger partial charge on any atom is -0.489 e. The lowest BCUT2D eigenvalue weighted by Crippen LogP contribution is -2.43. The van der Waals surface area contributed by atoms with Gasteiger partial charge in [0, 0.05) is 11.6 Å². The van der Waals surface area contributed by atoms with Crippen LogP contribution in [0.3, 0.4) is 0 Å². The highest BCUT2D eigenvalue weighted by Gasteiger charge is 2.19. The summed E-state index contributed by atoms with van der Waals surface area (Å²) in [5, 5.41) is 3.11. The molecule has 1 amide bonds. The fourth-order valence-electron chi connectivity index (χ4n) is 2.36. The molecule has 0 aliphatic carbocycles. The van der Waals surface area contributed by atoms with E-state index in [0.717, 1.165) is 31.5 Å². The van der Waals surface area contributed by atoms with Crippen molar-refractivity contribution in [1.29, 1.82) is 0 Å². The van der Waals surface area contributed by atoms with Gasteiger partial charge in [-0.3, -0.25) is 4.79 Å². The minimum atomic E-state index is -0.0228. The monoisotopic (exact) mass is 288 g/mol. The Labute approximate surface area is 126 Å². The van der Waals surface area contributed by atoms with Crippen LogP contribution in [0.4, 0.5) is 0 Å². The zero-order chi connectivity index (χ0) is 15.2. The lowest BCUT2D eigenvalue weighted by atomic mass is 10.0. The van der Waals surface area contributed by atoms with E-state index < -0.39 is 0 Å². The summed E-state index contributed by atoms with van der Waals surface area (Å²) < 4.78 is 5.58. The fraction of sp³-hybridized carbons (Fsp3) is 0.471. The number of benzene rings is 1. The van der Waals surface area contributed by atoms with Crippen LogP contribution in [0.25, 0.3) is 0 Å². The molecule has 4 nitrogen and oxygen atoms in total. The molecule has 0 bridgehead atoms. The van der Waals surface area contributed by atoms with Gasteiger partial charge in [-0.05, 0) is 63.7 Å². The summed E-state index contributed by atoms with van der Waals surface area (Å²) in [4.78, 5) is 14.6. The number of hydrogen-bond acceptors (Lipinski definition) is 3. The molecular formula is C17H24N2O2. The Hall–Kier alpha value is -1.81. The van der Waals surface area contributed by atoms with Crippen molar-refractivity contribution in [2.45, 2.75) is 25.8 Å². The summed E-state index contributed by atoms with van der Waals surface area (Å²) >= 11 is 0. The molecule has 1 heterocycles. The zero-order valence-corrected chi connectivity index (χ0v) is 12.9. The van der Waals surface area contributed by atoms with Crippen molar-refractivity contribution in [2.24, 2.45) is 0 Å². The molecule has 4 heteroatoms. The molecule has 1 saturated heterocycles. The Morgan fingerprint density at radius 1 is 1.43 bits per heavy atom. The number of nitrogens with one attached hydrogen (secondary N) is 1. The largest absolute Gasteiger partial charge is 0.489 e. The summed E-state index contributed by atoms with van der Waals surface area (Å²) in [6.07, 6.45) is 2.02. The number of likely N-dealkylation sites (tertiary alicyclic amines) is 1. The van der Waals surface area contributed by atoms with Crippen molar-refractivity contribution >= 4 is 5.91 Å². The van der Waals surface area contributed by atoms with Crippen LogP contribution in [0.1, 0.15) is 30.1 Å². The third-order valence-corrected chi connectivity index (χ3v) is 3.64. The van der Waals surface area contributed by atoms with Gasteiger partial charge in [-0.1, -0.05) is 12.6 Å². The van der Waals surface area contributed by atoms with E-state index in [1.807, 2.05) is 25.1 Å². The van der Waals surface area contributed by atoms with Crippen LogP contribution in [0.2, 0.25) is 0 Å². The van der Waals surface area contributed by atoms with Crippen LogP contribution in [0, 0.1) is 0 Å². The quantitative estimate of drug-likeness (QED) is 0.846. The Morgan fingerprint density at radius 2 is 2.14 bits per heavy atom. The molecule has 0 unspecified atom stereocenters. The second kappa shape index (κ2) is 7.27. The van der Waals surface area contributed by atoms with Gasteiger partial charge in [-0.2, -0.15) is 0 Å². The first-order valence-electron chi connectivity index (χ1n) is 7.41. The maximum atomic E-state index is 12.3. The van der Waals surface area contributed by atoms with Crippen LogP contribution >= 0.6 is 0 Å². The number of carbonyl (C=O) groups is 1. The predicted molar refractivity (Wildman–Crippen MR) is 84.7 cm³/mol. The Kier molecular flexibility index (Phi) is 5.39. The number of nitrogens with zero attached hydrogens (tertiary/aromatic N) is 1. The molecule has 0 spiro atoms. The smallest absolute Gasteiger partial charge is 0.251 e. The highest BCUT2D eigenvalue weighted by molar-refractivity contribution is 5.94. The average Bonchev–Trinajstić information content (AvgIpc) is 2.48. The zero-order valence-electron chi connectivity index (χ0n) is 12.9. The van der Waals surface area contributed by atoms with Gasteiger partial charge in [0.1, 0.15) is 12.4 Å². The van der Waals surface area contributed by atoms with Gasteiger partial charge >= 0.3 is 0 Å². The molecule has 0 aromatic heterocycles. The number of rotatable bonds is 5. The van der Waals surface area contributed by atoms with Gasteiger partial charge in [0.05, 0.1) is 0 Å². The highest BCUT2D eigenvalue weighted by Crippen LogP contribution is 2.15. The first kappa shape index (κ1) is 15.6. The number of hydrogen-bond donors (Lipinski definition) is 1. The molecule has 2 rings (SSSR count). The molecule has 21 heavy (non-hydrogen) atoms. The standard InChI is InChI=1S/C17H24N2O2/c1-13(2)12-21-16-6-4-5-14(11-16)17(20)18-15-7-9-19(3)10-8-15/h4-6,11,15H,1,7-10,12H2,2-3H3,(H,18,20).